The normalized spacial score (nSPS) is 14.3. The Labute approximate surface area is 117 Å². The number of nitrogens with zero attached hydrogens (tertiary/aromatic N) is 1. The molecule has 1 heterocycles. The zero-order valence-corrected chi connectivity index (χ0v) is 11.7. The second-order valence-corrected chi connectivity index (χ2v) is 4.71. The smallest absolute Gasteiger partial charge is 0.338 e. The lowest BCUT2D eigenvalue weighted by atomic mass is 10.00. The third kappa shape index (κ3) is 2.63. The van der Waals surface area contributed by atoms with Gasteiger partial charge in [0.1, 0.15) is 6.10 Å². The lowest BCUT2D eigenvalue weighted by molar-refractivity contribution is 0.0342. The van der Waals surface area contributed by atoms with Crippen LogP contribution in [-0.2, 0) is 4.74 Å². The van der Waals surface area contributed by atoms with Gasteiger partial charge in [0.25, 0.3) is 0 Å². The molecule has 102 valence electrons. The van der Waals surface area contributed by atoms with Crippen molar-refractivity contribution >= 4 is 32.8 Å². The van der Waals surface area contributed by atoms with Gasteiger partial charge in [-0.1, -0.05) is 15.9 Å². The Morgan fingerprint density at radius 1 is 1.53 bits per heavy atom. The van der Waals surface area contributed by atoms with E-state index in [-0.39, 0.29) is 5.33 Å². The molecular formula is C12H13BrN2O4. The first kappa shape index (κ1) is 14.0. The lowest BCUT2D eigenvalue weighted by Gasteiger charge is -2.16. The van der Waals surface area contributed by atoms with Crippen molar-refractivity contribution in [2.75, 3.05) is 12.4 Å². The number of aliphatic hydroxyl groups is 2. The Kier molecular flexibility index (Phi) is 4.18. The van der Waals surface area contributed by atoms with Crippen molar-refractivity contribution in [2.24, 2.45) is 0 Å². The molecule has 0 amide bonds. The van der Waals surface area contributed by atoms with Crippen molar-refractivity contribution in [1.29, 1.82) is 0 Å². The van der Waals surface area contributed by atoms with Gasteiger partial charge >= 0.3 is 5.97 Å². The molecule has 0 bridgehead atoms. The molecule has 6 nitrogen and oxygen atoms in total. The van der Waals surface area contributed by atoms with Crippen LogP contribution in [0.2, 0.25) is 0 Å². The number of carbonyl (C=O) groups is 1. The predicted molar refractivity (Wildman–Crippen MR) is 72.2 cm³/mol. The van der Waals surface area contributed by atoms with Crippen LogP contribution >= 0.6 is 15.9 Å². The Morgan fingerprint density at radius 3 is 2.89 bits per heavy atom. The topological polar surface area (TPSA) is 95.4 Å². The summed E-state index contributed by atoms with van der Waals surface area (Å²) in [5, 5.41) is 27.1. The molecule has 2 rings (SSSR count). The summed E-state index contributed by atoms with van der Waals surface area (Å²) in [7, 11) is 1.28. The van der Waals surface area contributed by atoms with Gasteiger partial charge in [0.05, 0.1) is 30.5 Å². The fourth-order valence-electron chi connectivity index (χ4n) is 1.83. The molecule has 0 aliphatic heterocycles. The van der Waals surface area contributed by atoms with E-state index < -0.39 is 18.2 Å². The number of aromatic nitrogens is 2. The molecule has 7 heteroatoms. The van der Waals surface area contributed by atoms with Crippen LogP contribution in [0, 0.1) is 0 Å². The largest absolute Gasteiger partial charge is 0.465 e. The number of nitrogens with one attached hydrogen (secondary N) is 1. The van der Waals surface area contributed by atoms with E-state index in [9.17, 15) is 15.0 Å². The Hall–Kier alpha value is -1.44. The third-order valence-electron chi connectivity index (χ3n) is 2.85. The first-order valence-corrected chi connectivity index (χ1v) is 6.68. The second-order valence-electron chi connectivity index (χ2n) is 4.06. The molecule has 0 spiro atoms. The van der Waals surface area contributed by atoms with Crippen LogP contribution in [0.5, 0.6) is 0 Å². The maximum atomic E-state index is 11.7. The molecule has 2 unspecified atom stereocenters. The summed E-state index contributed by atoms with van der Waals surface area (Å²) in [5.74, 6) is -0.520. The van der Waals surface area contributed by atoms with E-state index in [1.165, 1.54) is 19.4 Å². The number of methoxy groups -OCH3 is 1. The standard InChI is InChI=1S/C12H13BrN2O4/c1-19-12(18)7-2-6(11(17)10(16)4-13)3-9-8(7)5-14-15-9/h2-3,5,10-11,16-17H,4H2,1H3,(H,14,15). The van der Waals surface area contributed by atoms with Crippen molar-refractivity contribution in [1.82, 2.24) is 10.2 Å². The van der Waals surface area contributed by atoms with Crippen LogP contribution in [-0.4, -0.2) is 44.9 Å². The number of aliphatic hydroxyl groups excluding tert-OH is 2. The number of rotatable bonds is 4. The lowest BCUT2D eigenvalue weighted by Crippen LogP contribution is -2.20. The first-order valence-electron chi connectivity index (χ1n) is 5.56. The summed E-state index contributed by atoms with van der Waals surface area (Å²) in [5.41, 5.74) is 1.31. The summed E-state index contributed by atoms with van der Waals surface area (Å²) in [6, 6.07) is 3.14. The van der Waals surface area contributed by atoms with E-state index in [0.29, 0.717) is 22.0 Å². The molecule has 3 N–H and O–H groups in total. The molecule has 2 aromatic rings. The number of hydrogen-bond acceptors (Lipinski definition) is 5. The van der Waals surface area contributed by atoms with Gasteiger partial charge in [-0.15, -0.1) is 0 Å². The van der Waals surface area contributed by atoms with Gasteiger partial charge in [0, 0.05) is 10.7 Å². The van der Waals surface area contributed by atoms with Crippen LogP contribution in [0.3, 0.4) is 0 Å². The number of hydrogen-bond donors (Lipinski definition) is 3. The van der Waals surface area contributed by atoms with Gasteiger partial charge in [-0.05, 0) is 17.7 Å². The average molecular weight is 329 g/mol. The van der Waals surface area contributed by atoms with Crippen molar-refractivity contribution in [2.45, 2.75) is 12.2 Å². The van der Waals surface area contributed by atoms with Crippen LogP contribution in [0.1, 0.15) is 22.0 Å². The van der Waals surface area contributed by atoms with E-state index in [1.807, 2.05) is 0 Å². The molecule has 1 aromatic carbocycles. The molecule has 1 aromatic heterocycles. The summed E-state index contributed by atoms with van der Waals surface area (Å²) >= 11 is 3.09. The minimum Gasteiger partial charge on any atom is -0.465 e. The number of ether oxygens (including phenoxy) is 1. The zero-order valence-electron chi connectivity index (χ0n) is 10.1. The monoisotopic (exact) mass is 328 g/mol. The predicted octanol–water partition coefficient (Wildman–Crippen LogP) is 1.14. The highest BCUT2D eigenvalue weighted by molar-refractivity contribution is 9.09. The van der Waals surface area contributed by atoms with Gasteiger partial charge in [-0.3, -0.25) is 5.10 Å². The molecule has 0 radical (unpaired) electrons. The molecule has 0 aliphatic rings. The van der Waals surface area contributed by atoms with E-state index >= 15 is 0 Å². The Bertz CT molecular complexity index is 598. The van der Waals surface area contributed by atoms with Crippen LogP contribution in [0.15, 0.2) is 18.3 Å². The summed E-state index contributed by atoms with van der Waals surface area (Å²) < 4.78 is 4.70. The highest BCUT2D eigenvalue weighted by atomic mass is 79.9. The molecule has 0 saturated heterocycles. The average Bonchev–Trinajstić information content (AvgIpc) is 2.91. The number of fused-ring (bicyclic) bond motifs is 1. The summed E-state index contributed by atoms with van der Waals surface area (Å²) in [4.78, 5) is 11.7. The summed E-state index contributed by atoms with van der Waals surface area (Å²) in [6.07, 6.45) is -0.556. The van der Waals surface area contributed by atoms with Gasteiger partial charge < -0.3 is 14.9 Å². The number of H-pyrrole nitrogens is 1. The molecule has 2 atom stereocenters. The van der Waals surface area contributed by atoms with E-state index in [1.54, 1.807) is 6.07 Å². The fraction of sp³-hybridized carbons (Fsp3) is 0.333. The first-order chi connectivity index (χ1) is 9.08. The number of benzene rings is 1. The number of esters is 1. The number of alkyl halides is 1. The van der Waals surface area contributed by atoms with Crippen molar-refractivity contribution in [3.63, 3.8) is 0 Å². The van der Waals surface area contributed by atoms with Crippen molar-refractivity contribution < 1.29 is 19.7 Å². The quantitative estimate of drug-likeness (QED) is 0.577. The highest BCUT2D eigenvalue weighted by Crippen LogP contribution is 2.26. The van der Waals surface area contributed by atoms with E-state index in [4.69, 9.17) is 4.74 Å². The maximum Gasteiger partial charge on any atom is 0.338 e. The van der Waals surface area contributed by atoms with E-state index in [0.717, 1.165) is 0 Å². The van der Waals surface area contributed by atoms with Crippen LogP contribution < -0.4 is 0 Å². The van der Waals surface area contributed by atoms with Crippen molar-refractivity contribution in [3.8, 4) is 0 Å². The van der Waals surface area contributed by atoms with Gasteiger partial charge in [0.15, 0.2) is 0 Å². The van der Waals surface area contributed by atoms with Gasteiger partial charge in [-0.25, -0.2) is 4.79 Å². The van der Waals surface area contributed by atoms with Gasteiger partial charge in [0.2, 0.25) is 0 Å². The second kappa shape index (κ2) is 5.68. The Morgan fingerprint density at radius 2 is 2.26 bits per heavy atom. The molecule has 0 aliphatic carbocycles. The zero-order chi connectivity index (χ0) is 14.0. The molecule has 0 saturated carbocycles. The molecule has 19 heavy (non-hydrogen) atoms. The number of aromatic amines is 1. The van der Waals surface area contributed by atoms with Crippen LogP contribution in [0.25, 0.3) is 10.9 Å². The molecular weight excluding hydrogens is 316 g/mol. The number of carbonyl (C=O) groups excluding carboxylic acids is 1. The third-order valence-corrected chi connectivity index (χ3v) is 3.51. The minimum absolute atomic E-state index is 0.225. The van der Waals surface area contributed by atoms with Gasteiger partial charge in [-0.2, -0.15) is 5.10 Å². The SMILES string of the molecule is COC(=O)c1cc(C(O)C(O)CBr)cc2[nH]ncc12. The fourth-order valence-corrected chi connectivity index (χ4v) is 2.18. The van der Waals surface area contributed by atoms with Crippen LogP contribution in [0.4, 0.5) is 0 Å². The van der Waals surface area contributed by atoms with E-state index in [2.05, 4.69) is 26.1 Å². The molecule has 0 fully saturated rings. The van der Waals surface area contributed by atoms with Crippen molar-refractivity contribution in [3.05, 3.63) is 29.5 Å². The number of halogens is 1. The maximum absolute atomic E-state index is 11.7. The minimum atomic E-state index is -1.10. The summed E-state index contributed by atoms with van der Waals surface area (Å²) in [6.45, 7) is 0. The Balaban J connectivity index is 2.54. The highest BCUT2D eigenvalue weighted by Gasteiger charge is 2.21.